The predicted octanol–water partition coefficient (Wildman–Crippen LogP) is 3.20. The second kappa shape index (κ2) is 7.82. The van der Waals surface area contributed by atoms with Crippen LogP contribution >= 0.6 is 0 Å². The van der Waals surface area contributed by atoms with Gasteiger partial charge in [0, 0.05) is 36.0 Å². The van der Waals surface area contributed by atoms with E-state index in [9.17, 15) is 14.7 Å². The van der Waals surface area contributed by atoms with E-state index < -0.39 is 5.60 Å². The Morgan fingerprint density at radius 3 is 2.97 bits per heavy atom. The summed E-state index contributed by atoms with van der Waals surface area (Å²) in [5.41, 5.74) is 1.21. The van der Waals surface area contributed by atoms with Gasteiger partial charge >= 0.3 is 5.63 Å². The highest BCUT2D eigenvalue weighted by molar-refractivity contribution is 5.85. The minimum absolute atomic E-state index is 0.0603. The monoisotopic (exact) mass is 399 g/mol. The molecule has 1 N–H and O–H groups in total. The number of hydrogen-bond donors (Lipinski definition) is 1. The van der Waals surface area contributed by atoms with Gasteiger partial charge in [0.2, 0.25) is 0 Å². The third-order valence-electron chi connectivity index (χ3n) is 6.71. The zero-order chi connectivity index (χ0) is 20.6. The van der Waals surface area contributed by atoms with Crippen molar-refractivity contribution in [2.75, 3.05) is 19.7 Å². The SMILES string of the molecule is CCc1cc(=O)oc2c(C)c(OCC(=O)N3CC[C@]4(O)CCCC[C@H]4C3)ccc12. The van der Waals surface area contributed by atoms with Crippen molar-refractivity contribution >= 4 is 16.9 Å². The lowest BCUT2D eigenvalue weighted by Gasteiger charge is -2.47. The molecule has 2 atom stereocenters. The van der Waals surface area contributed by atoms with Crippen LogP contribution in [0.3, 0.4) is 0 Å². The number of aliphatic hydroxyl groups is 1. The first-order valence-electron chi connectivity index (χ1n) is 10.6. The Kier molecular flexibility index (Phi) is 5.38. The van der Waals surface area contributed by atoms with Crippen LogP contribution in [0.4, 0.5) is 0 Å². The lowest BCUT2D eigenvalue weighted by molar-refractivity contribution is -0.145. The normalized spacial score (nSPS) is 24.4. The third kappa shape index (κ3) is 3.78. The molecule has 2 aliphatic rings. The first kappa shape index (κ1) is 20.0. The maximum Gasteiger partial charge on any atom is 0.336 e. The quantitative estimate of drug-likeness (QED) is 0.799. The zero-order valence-electron chi connectivity index (χ0n) is 17.2. The summed E-state index contributed by atoms with van der Waals surface area (Å²) >= 11 is 0. The fourth-order valence-electron chi connectivity index (χ4n) is 4.89. The number of carbonyl (C=O) groups is 1. The van der Waals surface area contributed by atoms with Gasteiger partial charge in [0.25, 0.3) is 5.91 Å². The van der Waals surface area contributed by atoms with E-state index in [1.54, 1.807) is 0 Å². The average molecular weight is 399 g/mol. The molecule has 1 aromatic heterocycles. The van der Waals surface area contributed by atoms with Gasteiger partial charge in [-0.3, -0.25) is 4.79 Å². The molecule has 4 rings (SSSR count). The number of ether oxygens (including phenoxy) is 1. The highest BCUT2D eigenvalue weighted by atomic mass is 16.5. The molecule has 0 radical (unpaired) electrons. The molecular weight excluding hydrogens is 370 g/mol. The standard InChI is InChI=1S/C23H29NO5/c1-3-16-12-21(26)29-22-15(2)19(8-7-18(16)22)28-14-20(25)24-11-10-23(27)9-5-4-6-17(23)13-24/h7-8,12,17,27H,3-6,9-11,13-14H2,1-2H3/t17-,23+/m0/s1. The highest BCUT2D eigenvalue weighted by Gasteiger charge is 2.43. The Morgan fingerprint density at radius 2 is 2.17 bits per heavy atom. The van der Waals surface area contributed by atoms with Crippen molar-refractivity contribution in [2.24, 2.45) is 5.92 Å². The summed E-state index contributed by atoms with van der Waals surface area (Å²) in [4.78, 5) is 26.4. The van der Waals surface area contributed by atoms with Gasteiger partial charge in [-0.05, 0) is 50.3 Å². The second-order valence-electron chi connectivity index (χ2n) is 8.43. The number of benzene rings is 1. The van der Waals surface area contributed by atoms with E-state index in [0.717, 1.165) is 48.6 Å². The van der Waals surface area contributed by atoms with Gasteiger partial charge in [0.15, 0.2) is 6.61 Å². The van der Waals surface area contributed by atoms with Crippen LogP contribution in [0.5, 0.6) is 5.75 Å². The lowest BCUT2D eigenvalue weighted by atomic mass is 9.71. The Labute approximate surface area is 170 Å². The third-order valence-corrected chi connectivity index (χ3v) is 6.71. The molecule has 1 amide bonds. The summed E-state index contributed by atoms with van der Waals surface area (Å²) in [6.07, 6.45) is 5.39. The van der Waals surface area contributed by atoms with Crippen molar-refractivity contribution in [3.05, 3.63) is 39.7 Å². The van der Waals surface area contributed by atoms with Crippen molar-refractivity contribution in [1.29, 1.82) is 0 Å². The summed E-state index contributed by atoms with van der Waals surface area (Å²) < 4.78 is 11.2. The maximum atomic E-state index is 12.7. The first-order chi connectivity index (χ1) is 13.9. The number of rotatable bonds is 4. The molecule has 6 nitrogen and oxygen atoms in total. The number of carbonyl (C=O) groups excluding carboxylic acids is 1. The Bertz CT molecular complexity index is 981. The van der Waals surface area contributed by atoms with Gasteiger partial charge in [-0.1, -0.05) is 19.8 Å². The summed E-state index contributed by atoms with van der Waals surface area (Å²) in [5, 5.41) is 11.7. The summed E-state index contributed by atoms with van der Waals surface area (Å²) in [5.74, 6) is 0.646. The van der Waals surface area contributed by atoms with Crippen molar-refractivity contribution in [3.63, 3.8) is 0 Å². The van der Waals surface area contributed by atoms with E-state index in [1.807, 2.05) is 30.9 Å². The topological polar surface area (TPSA) is 80.0 Å². The number of aryl methyl sites for hydroxylation is 2. The van der Waals surface area contributed by atoms with Gasteiger partial charge < -0.3 is 19.2 Å². The largest absolute Gasteiger partial charge is 0.483 e. The molecule has 29 heavy (non-hydrogen) atoms. The van der Waals surface area contributed by atoms with Gasteiger partial charge in [-0.25, -0.2) is 4.79 Å². The number of amides is 1. The molecule has 1 saturated carbocycles. The van der Waals surface area contributed by atoms with Crippen LogP contribution in [-0.4, -0.2) is 41.2 Å². The van der Waals surface area contributed by atoms with Crippen LogP contribution in [0.15, 0.2) is 27.4 Å². The van der Waals surface area contributed by atoms with Crippen molar-refractivity contribution < 1.29 is 19.1 Å². The fraction of sp³-hybridized carbons (Fsp3) is 0.565. The summed E-state index contributed by atoms with van der Waals surface area (Å²) in [7, 11) is 0. The Morgan fingerprint density at radius 1 is 1.34 bits per heavy atom. The Balaban J connectivity index is 1.46. The van der Waals surface area contributed by atoms with Crippen LogP contribution < -0.4 is 10.4 Å². The molecule has 2 heterocycles. The Hall–Kier alpha value is -2.34. The molecule has 0 bridgehead atoms. The van der Waals surface area contributed by atoms with Crippen molar-refractivity contribution in [3.8, 4) is 5.75 Å². The molecule has 6 heteroatoms. The van der Waals surface area contributed by atoms with Crippen LogP contribution in [0.2, 0.25) is 0 Å². The smallest absolute Gasteiger partial charge is 0.336 e. The van der Waals surface area contributed by atoms with Gasteiger partial charge in [0.1, 0.15) is 11.3 Å². The molecule has 1 aliphatic heterocycles. The fourth-order valence-corrected chi connectivity index (χ4v) is 4.89. The number of nitrogens with zero attached hydrogens (tertiary/aromatic N) is 1. The van der Waals surface area contributed by atoms with Crippen LogP contribution in [0, 0.1) is 12.8 Å². The molecule has 1 aromatic carbocycles. The van der Waals surface area contributed by atoms with E-state index in [2.05, 4.69) is 0 Å². The summed E-state index contributed by atoms with van der Waals surface area (Å²) in [6.45, 7) is 4.95. The highest BCUT2D eigenvalue weighted by Crippen LogP contribution is 2.39. The van der Waals surface area contributed by atoms with Crippen molar-refractivity contribution in [2.45, 2.75) is 58.0 Å². The number of hydrogen-bond acceptors (Lipinski definition) is 5. The van der Waals surface area contributed by atoms with E-state index in [4.69, 9.17) is 9.15 Å². The number of piperidine rings is 1. The van der Waals surface area contributed by atoms with E-state index in [0.29, 0.717) is 30.8 Å². The van der Waals surface area contributed by atoms with Gasteiger partial charge in [-0.2, -0.15) is 0 Å². The van der Waals surface area contributed by atoms with E-state index in [1.165, 1.54) is 6.07 Å². The zero-order valence-corrected chi connectivity index (χ0v) is 17.2. The minimum atomic E-state index is -0.598. The van der Waals surface area contributed by atoms with Crippen LogP contribution in [-0.2, 0) is 11.2 Å². The van der Waals surface area contributed by atoms with Gasteiger partial charge in [0.05, 0.1) is 5.60 Å². The summed E-state index contributed by atoms with van der Waals surface area (Å²) in [6, 6.07) is 5.24. The molecule has 156 valence electrons. The first-order valence-corrected chi connectivity index (χ1v) is 10.6. The van der Waals surface area contributed by atoms with Crippen molar-refractivity contribution in [1.82, 2.24) is 4.90 Å². The lowest BCUT2D eigenvalue weighted by Crippen LogP contribution is -2.55. The van der Waals surface area contributed by atoms with E-state index in [-0.39, 0.29) is 24.1 Å². The molecule has 1 aliphatic carbocycles. The number of likely N-dealkylation sites (tertiary alicyclic amines) is 1. The predicted molar refractivity (Wildman–Crippen MR) is 110 cm³/mol. The molecule has 2 aromatic rings. The molecular formula is C23H29NO5. The van der Waals surface area contributed by atoms with Crippen LogP contribution in [0.1, 0.15) is 50.2 Å². The van der Waals surface area contributed by atoms with E-state index >= 15 is 0 Å². The second-order valence-corrected chi connectivity index (χ2v) is 8.43. The molecule has 0 unspecified atom stereocenters. The van der Waals surface area contributed by atoms with Crippen LogP contribution in [0.25, 0.3) is 11.0 Å². The average Bonchev–Trinajstić information content (AvgIpc) is 2.72. The molecule has 2 fully saturated rings. The maximum absolute atomic E-state index is 12.7. The number of fused-ring (bicyclic) bond motifs is 2. The van der Waals surface area contributed by atoms with Gasteiger partial charge in [-0.15, -0.1) is 0 Å². The minimum Gasteiger partial charge on any atom is -0.483 e. The molecule has 1 saturated heterocycles. The molecule has 0 spiro atoms.